The van der Waals surface area contributed by atoms with Crippen molar-refractivity contribution in [3.8, 4) is 5.75 Å². The second kappa shape index (κ2) is 6.49. The molecule has 1 rings (SSSR count). The van der Waals surface area contributed by atoms with Crippen molar-refractivity contribution in [3.63, 3.8) is 0 Å². The standard InChI is InChI=1S/C11H15N3O3/c1-2-3-4-5-17-11-7-9(13-12)6-10(8-11)14(15)16/h2,6-8,13H,1,3-5,12H2. The molecular formula is C11H15N3O3. The van der Waals surface area contributed by atoms with Gasteiger partial charge >= 0.3 is 0 Å². The maximum absolute atomic E-state index is 10.7. The number of nitrogens with two attached hydrogens (primary N) is 1. The van der Waals surface area contributed by atoms with Gasteiger partial charge in [0.05, 0.1) is 23.3 Å². The molecule has 0 aliphatic heterocycles. The van der Waals surface area contributed by atoms with Gasteiger partial charge in [0, 0.05) is 12.1 Å². The first-order chi connectivity index (χ1) is 8.17. The molecule has 0 bridgehead atoms. The predicted molar refractivity (Wildman–Crippen MR) is 65.8 cm³/mol. The first-order valence-corrected chi connectivity index (χ1v) is 5.17. The minimum absolute atomic E-state index is 0.0563. The van der Waals surface area contributed by atoms with E-state index in [1.54, 1.807) is 12.1 Å². The second-order valence-corrected chi connectivity index (χ2v) is 3.40. The Morgan fingerprint density at radius 2 is 2.29 bits per heavy atom. The summed E-state index contributed by atoms with van der Waals surface area (Å²) in [6, 6.07) is 4.33. The summed E-state index contributed by atoms with van der Waals surface area (Å²) in [4.78, 5) is 10.2. The number of non-ortho nitro benzene ring substituents is 1. The Labute approximate surface area is 99.2 Å². The number of nitro groups is 1. The highest BCUT2D eigenvalue weighted by atomic mass is 16.6. The van der Waals surface area contributed by atoms with E-state index in [2.05, 4.69) is 12.0 Å². The average molecular weight is 237 g/mol. The van der Waals surface area contributed by atoms with Crippen LogP contribution in [0.1, 0.15) is 12.8 Å². The van der Waals surface area contributed by atoms with E-state index in [4.69, 9.17) is 10.6 Å². The van der Waals surface area contributed by atoms with Gasteiger partial charge in [-0.05, 0) is 12.8 Å². The van der Waals surface area contributed by atoms with Crippen molar-refractivity contribution in [3.05, 3.63) is 41.0 Å². The van der Waals surface area contributed by atoms with Crippen LogP contribution in [0.4, 0.5) is 11.4 Å². The number of nitrogens with zero attached hydrogens (tertiary/aromatic N) is 1. The van der Waals surface area contributed by atoms with E-state index in [1.807, 2.05) is 0 Å². The number of rotatable bonds is 7. The largest absolute Gasteiger partial charge is 0.493 e. The van der Waals surface area contributed by atoms with Crippen molar-refractivity contribution in [2.75, 3.05) is 12.0 Å². The van der Waals surface area contributed by atoms with E-state index in [1.165, 1.54) is 12.1 Å². The van der Waals surface area contributed by atoms with Crippen molar-refractivity contribution >= 4 is 11.4 Å². The predicted octanol–water partition coefficient (Wildman–Crippen LogP) is 2.23. The molecule has 0 radical (unpaired) electrons. The van der Waals surface area contributed by atoms with Gasteiger partial charge in [0.2, 0.25) is 0 Å². The van der Waals surface area contributed by atoms with Gasteiger partial charge in [-0.1, -0.05) is 6.08 Å². The summed E-state index contributed by atoms with van der Waals surface area (Å²) in [5, 5.41) is 10.7. The van der Waals surface area contributed by atoms with E-state index in [0.29, 0.717) is 18.0 Å². The molecule has 6 heteroatoms. The SMILES string of the molecule is C=CCCCOc1cc(NN)cc([N+](=O)[O-])c1. The van der Waals surface area contributed by atoms with Crippen LogP contribution >= 0.6 is 0 Å². The number of benzene rings is 1. The third-order valence-corrected chi connectivity index (χ3v) is 2.09. The zero-order valence-electron chi connectivity index (χ0n) is 9.39. The van der Waals surface area contributed by atoms with Crippen LogP contribution in [-0.4, -0.2) is 11.5 Å². The van der Waals surface area contributed by atoms with E-state index < -0.39 is 4.92 Å². The molecular weight excluding hydrogens is 222 g/mol. The number of anilines is 1. The Morgan fingerprint density at radius 3 is 2.88 bits per heavy atom. The van der Waals surface area contributed by atoms with Crippen LogP contribution in [0.15, 0.2) is 30.9 Å². The van der Waals surface area contributed by atoms with Crippen LogP contribution in [0.3, 0.4) is 0 Å². The monoisotopic (exact) mass is 237 g/mol. The van der Waals surface area contributed by atoms with Crippen molar-refractivity contribution in [1.29, 1.82) is 0 Å². The molecule has 0 fully saturated rings. The topological polar surface area (TPSA) is 90.4 Å². The smallest absolute Gasteiger partial charge is 0.275 e. The first kappa shape index (κ1) is 13.0. The van der Waals surface area contributed by atoms with E-state index in [0.717, 1.165) is 12.8 Å². The number of ether oxygens (including phenoxy) is 1. The number of hydrazine groups is 1. The Balaban J connectivity index is 2.73. The van der Waals surface area contributed by atoms with Crippen LogP contribution in [0.25, 0.3) is 0 Å². The van der Waals surface area contributed by atoms with E-state index in [-0.39, 0.29) is 5.69 Å². The minimum Gasteiger partial charge on any atom is -0.493 e. The number of nitrogens with one attached hydrogen (secondary N) is 1. The lowest BCUT2D eigenvalue weighted by atomic mass is 10.2. The summed E-state index contributed by atoms with van der Waals surface area (Å²) >= 11 is 0. The normalized spacial score (nSPS) is 9.71. The Bertz CT molecular complexity index is 407. The Morgan fingerprint density at radius 1 is 1.53 bits per heavy atom. The fourth-order valence-corrected chi connectivity index (χ4v) is 1.27. The lowest BCUT2D eigenvalue weighted by Crippen LogP contribution is -2.07. The summed E-state index contributed by atoms with van der Waals surface area (Å²) in [7, 11) is 0. The van der Waals surface area contributed by atoms with Crippen molar-refractivity contribution < 1.29 is 9.66 Å². The number of nitro benzene ring substituents is 1. The van der Waals surface area contributed by atoms with Gasteiger partial charge in [-0.15, -0.1) is 6.58 Å². The molecule has 1 aromatic carbocycles. The summed E-state index contributed by atoms with van der Waals surface area (Å²) in [5.41, 5.74) is 2.75. The van der Waals surface area contributed by atoms with Crippen molar-refractivity contribution in [1.82, 2.24) is 0 Å². The number of hydrogen-bond acceptors (Lipinski definition) is 5. The number of allylic oxidation sites excluding steroid dienone is 1. The summed E-state index contributed by atoms with van der Waals surface area (Å²) in [5.74, 6) is 5.65. The molecule has 0 saturated carbocycles. The van der Waals surface area contributed by atoms with Crippen LogP contribution in [0.2, 0.25) is 0 Å². The molecule has 0 heterocycles. The molecule has 6 nitrogen and oxygen atoms in total. The molecule has 0 aromatic heterocycles. The number of nitrogen functional groups attached to an aromatic ring is 1. The number of unbranched alkanes of at least 4 members (excludes halogenated alkanes) is 1. The molecule has 0 saturated heterocycles. The van der Waals surface area contributed by atoms with Gasteiger partial charge in [-0.2, -0.15) is 0 Å². The van der Waals surface area contributed by atoms with E-state index in [9.17, 15) is 10.1 Å². The van der Waals surface area contributed by atoms with Gasteiger partial charge in [0.1, 0.15) is 5.75 Å². The molecule has 0 aliphatic rings. The Hall–Kier alpha value is -2.08. The van der Waals surface area contributed by atoms with Gasteiger partial charge in [0.15, 0.2) is 0 Å². The van der Waals surface area contributed by atoms with Gasteiger partial charge in [-0.25, -0.2) is 0 Å². The van der Waals surface area contributed by atoms with Gasteiger partial charge in [0.25, 0.3) is 5.69 Å². The zero-order valence-corrected chi connectivity index (χ0v) is 9.39. The Kier molecular flexibility index (Phi) is 4.96. The van der Waals surface area contributed by atoms with Crippen molar-refractivity contribution in [2.24, 2.45) is 5.84 Å². The van der Waals surface area contributed by atoms with Crippen LogP contribution in [0.5, 0.6) is 5.75 Å². The fourth-order valence-electron chi connectivity index (χ4n) is 1.27. The fraction of sp³-hybridized carbons (Fsp3) is 0.273. The second-order valence-electron chi connectivity index (χ2n) is 3.40. The summed E-state index contributed by atoms with van der Waals surface area (Å²) in [6.07, 6.45) is 3.46. The van der Waals surface area contributed by atoms with Crippen LogP contribution in [-0.2, 0) is 0 Å². The van der Waals surface area contributed by atoms with Crippen LogP contribution in [0, 0.1) is 10.1 Å². The average Bonchev–Trinajstić information content (AvgIpc) is 2.34. The highest BCUT2D eigenvalue weighted by Gasteiger charge is 2.09. The third kappa shape index (κ3) is 4.12. The molecule has 92 valence electrons. The first-order valence-electron chi connectivity index (χ1n) is 5.17. The van der Waals surface area contributed by atoms with Gasteiger partial charge in [-0.3, -0.25) is 16.0 Å². The highest BCUT2D eigenvalue weighted by molar-refractivity contribution is 5.55. The molecule has 3 N–H and O–H groups in total. The minimum atomic E-state index is -0.489. The quantitative estimate of drug-likeness (QED) is 0.249. The molecule has 0 amide bonds. The maximum Gasteiger partial charge on any atom is 0.275 e. The zero-order chi connectivity index (χ0) is 12.7. The number of hydrogen-bond donors (Lipinski definition) is 2. The van der Waals surface area contributed by atoms with Crippen molar-refractivity contribution in [2.45, 2.75) is 12.8 Å². The molecule has 0 aliphatic carbocycles. The molecule has 0 unspecified atom stereocenters. The lowest BCUT2D eigenvalue weighted by molar-refractivity contribution is -0.384. The molecule has 17 heavy (non-hydrogen) atoms. The highest BCUT2D eigenvalue weighted by Crippen LogP contribution is 2.25. The summed E-state index contributed by atoms with van der Waals surface area (Å²) < 4.78 is 5.39. The maximum atomic E-state index is 10.7. The van der Waals surface area contributed by atoms with Gasteiger partial charge < -0.3 is 10.2 Å². The summed E-state index contributed by atoms with van der Waals surface area (Å²) in [6.45, 7) is 4.08. The molecule has 1 aromatic rings. The molecule has 0 spiro atoms. The molecule has 0 atom stereocenters. The third-order valence-electron chi connectivity index (χ3n) is 2.09. The lowest BCUT2D eigenvalue weighted by Gasteiger charge is -2.07. The van der Waals surface area contributed by atoms with Crippen LogP contribution < -0.4 is 16.0 Å². The van der Waals surface area contributed by atoms with E-state index >= 15 is 0 Å².